The third kappa shape index (κ3) is 5.35. The molecule has 0 saturated carbocycles. The molecule has 0 radical (unpaired) electrons. The van der Waals surface area contributed by atoms with Gasteiger partial charge in [-0.3, -0.25) is 4.79 Å². The summed E-state index contributed by atoms with van der Waals surface area (Å²) in [6.07, 6.45) is 2.13. The minimum Gasteiger partial charge on any atom is -0.496 e. The van der Waals surface area contributed by atoms with Crippen molar-refractivity contribution in [1.29, 1.82) is 0 Å². The SMILES string of the molecule is CC[C@H](NC(=O)CCc1ccc(C(C)C)cc1)c1ccc(OC)c(C)c1. The van der Waals surface area contributed by atoms with Crippen LogP contribution in [0.2, 0.25) is 0 Å². The fraction of sp³-hybridized carbons (Fsp3) is 0.435. The highest BCUT2D eigenvalue weighted by Gasteiger charge is 2.14. The van der Waals surface area contributed by atoms with Crippen molar-refractivity contribution in [3.63, 3.8) is 0 Å². The molecular formula is C23H31NO2. The number of methoxy groups -OCH3 is 1. The van der Waals surface area contributed by atoms with E-state index in [2.05, 4.69) is 56.4 Å². The zero-order valence-electron chi connectivity index (χ0n) is 16.6. The minimum absolute atomic E-state index is 0.0374. The molecule has 0 aliphatic rings. The van der Waals surface area contributed by atoms with Gasteiger partial charge in [-0.15, -0.1) is 0 Å². The predicted molar refractivity (Wildman–Crippen MR) is 108 cm³/mol. The molecule has 0 aliphatic carbocycles. The van der Waals surface area contributed by atoms with Crippen molar-refractivity contribution < 1.29 is 9.53 Å². The smallest absolute Gasteiger partial charge is 0.220 e. The van der Waals surface area contributed by atoms with Crippen LogP contribution >= 0.6 is 0 Å². The molecule has 3 heteroatoms. The van der Waals surface area contributed by atoms with Crippen molar-refractivity contribution in [3.8, 4) is 5.75 Å². The summed E-state index contributed by atoms with van der Waals surface area (Å²) in [7, 11) is 1.68. The fourth-order valence-electron chi connectivity index (χ4n) is 3.13. The van der Waals surface area contributed by atoms with Gasteiger partial charge < -0.3 is 10.1 Å². The molecule has 1 N–H and O–H groups in total. The Kier molecular flexibility index (Phi) is 7.26. The van der Waals surface area contributed by atoms with E-state index in [1.165, 1.54) is 11.1 Å². The molecule has 140 valence electrons. The highest BCUT2D eigenvalue weighted by atomic mass is 16.5. The van der Waals surface area contributed by atoms with Gasteiger partial charge in [0.05, 0.1) is 13.2 Å². The number of carbonyl (C=O) groups excluding carboxylic acids is 1. The van der Waals surface area contributed by atoms with Gasteiger partial charge in [-0.25, -0.2) is 0 Å². The van der Waals surface area contributed by atoms with Gasteiger partial charge in [-0.05, 0) is 54.0 Å². The van der Waals surface area contributed by atoms with Crippen LogP contribution in [0.3, 0.4) is 0 Å². The molecule has 0 heterocycles. The number of nitrogens with one attached hydrogen (secondary N) is 1. The van der Waals surface area contributed by atoms with Gasteiger partial charge in [0, 0.05) is 6.42 Å². The average Bonchev–Trinajstić information content (AvgIpc) is 2.64. The summed E-state index contributed by atoms with van der Waals surface area (Å²) in [6.45, 7) is 8.50. The van der Waals surface area contributed by atoms with Crippen LogP contribution in [0.5, 0.6) is 5.75 Å². The third-order valence-corrected chi connectivity index (χ3v) is 4.85. The molecule has 2 aromatic carbocycles. The molecule has 0 spiro atoms. The van der Waals surface area contributed by atoms with Gasteiger partial charge in [0.15, 0.2) is 0 Å². The molecule has 0 unspecified atom stereocenters. The maximum absolute atomic E-state index is 12.4. The van der Waals surface area contributed by atoms with Crippen LogP contribution in [-0.2, 0) is 11.2 Å². The molecular weight excluding hydrogens is 322 g/mol. The molecule has 0 saturated heterocycles. The molecule has 26 heavy (non-hydrogen) atoms. The van der Waals surface area contributed by atoms with Gasteiger partial charge in [0.2, 0.25) is 5.91 Å². The third-order valence-electron chi connectivity index (χ3n) is 4.85. The molecule has 3 nitrogen and oxygen atoms in total. The zero-order valence-corrected chi connectivity index (χ0v) is 16.6. The number of hydrogen-bond acceptors (Lipinski definition) is 2. The molecule has 0 bridgehead atoms. The van der Waals surface area contributed by atoms with E-state index in [4.69, 9.17) is 4.74 Å². The summed E-state index contributed by atoms with van der Waals surface area (Å²) < 4.78 is 5.32. The Morgan fingerprint density at radius 2 is 1.73 bits per heavy atom. The largest absolute Gasteiger partial charge is 0.496 e. The lowest BCUT2D eigenvalue weighted by Gasteiger charge is -2.19. The van der Waals surface area contributed by atoms with Crippen LogP contribution in [0, 0.1) is 6.92 Å². The maximum atomic E-state index is 12.4. The van der Waals surface area contributed by atoms with E-state index in [1.807, 2.05) is 19.1 Å². The summed E-state index contributed by atoms with van der Waals surface area (Å²) in [4.78, 5) is 12.4. The number of amides is 1. The standard InChI is InChI=1S/C23H31NO2/c1-6-21(20-12-13-22(26-5)17(4)15-20)24-23(25)14-9-18-7-10-19(11-8-18)16(2)3/h7-8,10-13,15-16,21H,6,9,14H2,1-5H3,(H,24,25)/t21-/m0/s1. The average molecular weight is 354 g/mol. The van der Waals surface area contributed by atoms with Gasteiger partial charge in [-0.2, -0.15) is 0 Å². The minimum atomic E-state index is 0.0374. The Balaban J connectivity index is 1.93. The van der Waals surface area contributed by atoms with E-state index in [9.17, 15) is 4.79 Å². The molecule has 0 aliphatic heterocycles. The lowest BCUT2D eigenvalue weighted by Crippen LogP contribution is -2.28. The van der Waals surface area contributed by atoms with Crippen LogP contribution in [0.4, 0.5) is 0 Å². The topological polar surface area (TPSA) is 38.3 Å². The molecule has 2 aromatic rings. The second-order valence-corrected chi connectivity index (χ2v) is 7.15. The van der Waals surface area contributed by atoms with E-state index in [-0.39, 0.29) is 11.9 Å². The van der Waals surface area contributed by atoms with Gasteiger partial charge in [-0.1, -0.05) is 57.2 Å². The van der Waals surface area contributed by atoms with E-state index in [1.54, 1.807) is 7.11 Å². The highest BCUT2D eigenvalue weighted by molar-refractivity contribution is 5.76. The summed E-state index contributed by atoms with van der Waals surface area (Å²) in [5, 5.41) is 3.17. The van der Waals surface area contributed by atoms with Crippen molar-refractivity contribution in [2.24, 2.45) is 0 Å². The Morgan fingerprint density at radius 1 is 1.08 bits per heavy atom. The van der Waals surface area contributed by atoms with E-state index < -0.39 is 0 Å². The highest BCUT2D eigenvalue weighted by Crippen LogP contribution is 2.24. The first-order valence-corrected chi connectivity index (χ1v) is 9.47. The number of carbonyl (C=O) groups is 1. The van der Waals surface area contributed by atoms with Crippen molar-refractivity contribution in [3.05, 3.63) is 64.7 Å². The Morgan fingerprint density at radius 3 is 2.27 bits per heavy atom. The van der Waals surface area contributed by atoms with E-state index in [0.717, 1.165) is 29.7 Å². The number of aryl methyl sites for hydroxylation is 2. The molecule has 2 rings (SSSR count). The van der Waals surface area contributed by atoms with Crippen molar-refractivity contribution >= 4 is 5.91 Å². The van der Waals surface area contributed by atoms with E-state index >= 15 is 0 Å². The lowest BCUT2D eigenvalue weighted by atomic mass is 9.99. The number of rotatable bonds is 8. The van der Waals surface area contributed by atoms with Crippen molar-refractivity contribution in [1.82, 2.24) is 5.32 Å². The molecule has 1 atom stereocenters. The fourth-order valence-corrected chi connectivity index (χ4v) is 3.13. The first-order chi connectivity index (χ1) is 12.4. The van der Waals surface area contributed by atoms with Crippen molar-refractivity contribution in [2.45, 2.75) is 58.9 Å². The maximum Gasteiger partial charge on any atom is 0.220 e. The monoisotopic (exact) mass is 353 g/mol. The van der Waals surface area contributed by atoms with Gasteiger partial charge in [0.25, 0.3) is 0 Å². The zero-order chi connectivity index (χ0) is 19.1. The number of benzene rings is 2. The second kappa shape index (κ2) is 9.42. The summed E-state index contributed by atoms with van der Waals surface area (Å²) >= 11 is 0. The van der Waals surface area contributed by atoms with Crippen LogP contribution in [-0.4, -0.2) is 13.0 Å². The first-order valence-electron chi connectivity index (χ1n) is 9.47. The van der Waals surface area contributed by atoms with Crippen LogP contribution in [0.1, 0.15) is 67.8 Å². The summed E-state index contributed by atoms with van der Waals surface area (Å²) in [6, 6.07) is 14.7. The molecule has 0 aromatic heterocycles. The van der Waals surface area contributed by atoms with E-state index in [0.29, 0.717) is 12.3 Å². The summed E-state index contributed by atoms with van der Waals surface area (Å²) in [5.41, 5.74) is 4.75. The summed E-state index contributed by atoms with van der Waals surface area (Å²) in [5.74, 6) is 1.50. The normalized spacial score (nSPS) is 12.1. The van der Waals surface area contributed by atoms with Crippen LogP contribution < -0.4 is 10.1 Å². The van der Waals surface area contributed by atoms with Crippen LogP contribution in [0.25, 0.3) is 0 Å². The Bertz CT molecular complexity index is 719. The molecule has 1 amide bonds. The van der Waals surface area contributed by atoms with Gasteiger partial charge >= 0.3 is 0 Å². The van der Waals surface area contributed by atoms with Gasteiger partial charge in [0.1, 0.15) is 5.75 Å². The Labute approximate surface area is 157 Å². The predicted octanol–water partition coefficient (Wildman–Crippen LogP) is 5.33. The number of ether oxygens (including phenoxy) is 1. The van der Waals surface area contributed by atoms with Crippen LogP contribution in [0.15, 0.2) is 42.5 Å². The number of hydrogen-bond donors (Lipinski definition) is 1. The quantitative estimate of drug-likeness (QED) is 0.697. The molecule has 0 fully saturated rings. The lowest BCUT2D eigenvalue weighted by molar-refractivity contribution is -0.121. The second-order valence-electron chi connectivity index (χ2n) is 7.15. The van der Waals surface area contributed by atoms with Crippen molar-refractivity contribution in [2.75, 3.05) is 7.11 Å². The Hall–Kier alpha value is -2.29. The first kappa shape index (κ1) is 20.0.